The standard InChI is InChI=1S/C18H13ClN4O5S/c1-28-14-7-2-10(8-13(14)23(26)27)9-15(17(24)25)29-18-20-16(21-22-18)11-3-5-12(19)6-4-11/h2-9H,1H3,(H,24,25)(H,20,21,22)/b15-9-. The van der Waals surface area contributed by atoms with E-state index in [2.05, 4.69) is 15.2 Å². The molecule has 0 saturated heterocycles. The van der Waals surface area contributed by atoms with Crippen molar-refractivity contribution in [3.05, 3.63) is 68.1 Å². The Morgan fingerprint density at radius 1 is 1.31 bits per heavy atom. The molecule has 0 aliphatic rings. The summed E-state index contributed by atoms with van der Waals surface area (Å²) in [7, 11) is 1.32. The van der Waals surface area contributed by atoms with Gasteiger partial charge in [-0.3, -0.25) is 15.2 Å². The van der Waals surface area contributed by atoms with Gasteiger partial charge in [0.05, 0.1) is 12.0 Å². The van der Waals surface area contributed by atoms with Crippen LogP contribution >= 0.6 is 23.4 Å². The third kappa shape index (κ3) is 4.92. The molecule has 0 aliphatic carbocycles. The average Bonchev–Trinajstić information content (AvgIpc) is 3.16. The number of aromatic amines is 1. The molecule has 0 fully saturated rings. The van der Waals surface area contributed by atoms with Gasteiger partial charge in [0.1, 0.15) is 4.91 Å². The smallest absolute Gasteiger partial charge is 0.342 e. The summed E-state index contributed by atoms with van der Waals surface area (Å²) in [5.41, 5.74) is 0.801. The number of hydrogen-bond acceptors (Lipinski definition) is 7. The number of thioether (sulfide) groups is 1. The largest absolute Gasteiger partial charge is 0.490 e. The first-order valence-corrected chi connectivity index (χ1v) is 9.20. The van der Waals surface area contributed by atoms with E-state index in [-0.39, 0.29) is 21.5 Å². The molecule has 2 N–H and O–H groups in total. The number of H-pyrrole nitrogens is 1. The number of carbonyl (C=O) groups is 1. The molecule has 3 rings (SSSR count). The van der Waals surface area contributed by atoms with E-state index in [0.717, 1.165) is 17.3 Å². The molecule has 148 valence electrons. The van der Waals surface area contributed by atoms with E-state index in [1.165, 1.54) is 31.4 Å². The number of benzene rings is 2. The molecule has 0 unspecified atom stereocenters. The molecule has 0 amide bonds. The van der Waals surface area contributed by atoms with Gasteiger partial charge in [0.2, 0.25) is 5.16 Å². The van der Waals surface area contributed by atoms with E-state index in [0.29, 0.717) is 16.4 Å². The quantitative estimate of drug-likeness (QED) is 0.245. The molecule has 0 bridgehead atoms. The minimum absolute atomic E-state index is 0.0817. The summed E-state index contributed by atoms with van der Waals surface area (Å²) in [6.07, 6.45) is 1.30. The number of nitrogens with one attached hydrogen (secondary N) is 1. The minimum atomic E-state index is -1.22. The van der Waals surface area contributed by atoms with Gasteiger partial charge < -0.3 is 9.84 Å². The Morgan fingerprint density at radius 2 is 2.03 bits per heavy atom. The second-order valence-electron chi connectivity index (χ2n) is 5.58. The fourth-order valence-corrected chi connectivity index (χ4v) is 3.19. The van der Waals surface area contributed by atoms with Crippen LogP contribution in [0, 0.1) is 10.1 Å². The zero-order valence-corrected chi connectivity index (χ0v) is 16.4. The molecule has 11 heteroatoms. The highest BCUT2D eigenvalue weighted by Crippen LogP contribution is 2.31. The fourth-order valence-electron chi connectivity index (χ4n) is 2.35. The predicted octanol–water partition coefficient (Wildman–Crippen LogP) is 4.26. The highest BCUT2D eigenvalue weighted by molar-refractivity contribution is 8.04. The predicted molar refractivity (Wildman–Crippen MR) is 108 cm³/mol. The first kappa shape index (κ1) is 20.4. The molecular formula is C18H13ClN4O5S. The van der Waals surface area contributed by atoms with Crippen LogP contribution in [0.5, 0.6) is 5.75 Å². The van der Waals surface area contributed by atoms with Gasteiger partial charge in [-0.25, -0.2) is 9.78 Å². The Bertz CT molecular complexity index is 1100. The maximum Gasteiger partial charge on any atom is 0.342 e. The third-order valence-electron chi connectivity index (χ3n) is 3.69. The molecule has 1 aromatic heterocycles. The molecule has 0 saturated carbocycles. The second kappa shape index (κ2) is 8.76. The number of carboxylic acid groups (broad SMARTS) is 1. The van der Waals surface area contributed by atoms with Crippen molar-refractivity contribution in [1.29, 1.82) is 0 Å². The molecule has 3 aromatic rings. The Hall–Kier alpha value is -3.37. The number of ether oxygens (including phenoxy) is 1. The van der Waals surface area contributed by atoms with Crippen molar-refractivity contribution in [1.82, 2.24) is 15.2 Å². The van der Waals surface area contributed by atoms with E-state index >= 15 is 0 Å². The molecule has 9 nitrogen and oxygen atoms in total. The zero-order chi connectivity index (χ0) is 21.0. The third-order valence-corrected chi connectivity index (χ3v) is 4.82. The van der Waals surface area contributed by atoms with Crippen LogP contribution in [0.15, 0.2) is 52.5 Å². The Labute approximate surface area is 173 Å². The van der Waals surface area contributed by atoms with Crippen LogP contribution in [0.3, 0.4) is 0 Å². The molecule has 1 heterocycles. The summed E-state index contributed by atoms with van der Waals surface area (Å²) < 4.78 is 4.95. The lowest BCUT2D eigenvalue weighted by Crippen LogP contribution is -1.98. The van der Waals surface area contributed by atoms with E-state index in [1.807, 2.05) is 0 Å². The molecule has 0 atom stereocenters. The monoisotopic (exact) mass is 432 g/mol. The Balaban J connectivity index is 1.88. The van der Waals surface area contributed by atoms with E-state index in [9.17, 15) is 20.0 Å². The normalized spacial score (nSPS) is 11.3. The molecule has 29 heavy (non-hydrogen) atoms. The number of halogens is 1. The summed E-state index contributed by atoms with van der Waals surface area (Å²) in [5.74, 6) is -0.682. The van der Waals surface area contributed by atoms with Crippen molar-refractivity contribution in [2.45, 2.75) is 5.16 Å². The van der Waals surface area contributed by atoms with Crippen molar-refractivity contribution >= 4 is 41.1 Å². The molecule has 0 aliphatic heterocycles. The van der Waals surface area contributed by atoms with Crippen molar-refractivity contribution < 1.29 is 19.6 Å². The van der Waals surface area contributed by atoms with Gasteiger partial charge in [-0.2, -0.15) is 0 Å². The van der Waals surface area contributed by atoms with Crippen LogP contribution in [0.2, 0.25) is 5.02 Å². The Morgan fingerprint density at radius 3 is 2.66 bits per heavy atom. The number of aromatic nitrogens is 3. The van der Waals surface area contributed by atoms with Crippen LogP contribution in [0.1, 0.15) is 5.56 Å². The first-order chi connectivity index (χ1) is 13.9. The van der Waals surface area contributed by atoms with E-state index in [1.54, 1.807) is 24.3 Å². The summed E-state index contributed by atoms with van der Waals surface area (Å²) in [6, 6.07) is 11.1. The first-order valence-electron chi connectivity index (χ1n) is 8.01. The van der Waals surface area contributed by atoms with E-state index in [4.69, 9.17) is 16.3 Å². The lowest BCUT2D eigenvalue weighted by Gasteiger charge is -2.03. The number of nitro groups is 1. The number of methoxy groups -OCH3 is 1. The summed E-state index contributed by atoms with van der Waals surface area (Å²) in [4.78, 5) is 26.4. The number of carboxylic acids is 1. The highest BCUT2D eigenvalue weighted by atomic mass is 35.5. The summed E-state index contributed by atoms with van der Waals surface area (Å²) in [5, 5.41) is 28.2. The van der Waals surface area contributed by atoms with Crippen molar-refractivity contribution in [2.75, 3.05) is 7.11 Å². The topological polar surface area (TPSA) is 131 Å². The minimum Gasteiger partial charge on any atom is -0.490 e. The summed E-state index contributed by atoms with van der Waals surface area (Å²) in [6.45, 7) is 0. The lowest BCUT2D eigenvalue weighted by atomic mass is 10.1. The zero-order valence-electron chi connectivity index (χ0n) is 14.8. The van der Waals surface area contributed by atoms with Gasteiger partial charge >= 0.3 is 11.7 Å². The molecule has 0 radical (unpaired) electrons. The fraction of sp³-hybridized carbons (Fsp3) is 0.0556. The van der Waals surface area contributed by atoms with Gasteiger partial charge in [0.25, 0.3) is 0 Å². The number of hydrogen-bond donors (Lipinski definition) is 2. The van der Waals surface area contributed by atoms with E-state index < -0.39 is 10.9 Å². The maximum absolute atomic E-state index is 11.6. The maximum atomic E-state index is 11.6. The number of nitro benzene ring substituents is 1. The SMILES string of the molecule is COc1ccc(/C=C(\Sc2n[nH]c(-c3ccc(Cl)cc3)n2)C(=O)O)cc1[N+](=O)[O-]. The van der Waals surface area contributed by atoms with Crippen LogP contribution < -0.4 is 4.74 Å². The highest BCUT2D eigenvalue weighted by Gasteiger charge is 2.18. The van der Waals surface area contributed by atoms with Gasteiger partial charge in [-0.1, -0.05) is 17.7 Å². The van der Waals surface area contributed by atoms with Crippen molar-refractivity contribution in [3.63, 3.8) is 0 Å². The van der Waals surface area contributed by atoms with Gasteiger partial charge in [0, 0.05) is 16.7 Å². The van der Waals surface area contributed by atoms with Crippen LogP contribution in [-0.2, 0) is 4.79 Å². The van der Waals surface area contributed by atoms with Crippen molar-refractivity contribution in [2.24, 2.45) is 0 Å². The summed E-state index contributed by atoms with van der Waals surface area (Å²) >= 11 is 6.68. The van der Waals surface area contributed by atoms with Gasteiger partial charge in [-0.05, 0) is 53.7 Å². The van der Waals surface area contributed by atoms with Crippen LogP contribution in [0.25, 0.3) is 17.5 Å². The van der Waals surface area contributed by atoms with Crippen molar-refractivity contribution in [3.8, 4) is 17.1 Å². The van der Waals surface area contributed by atoms with Crippen LogP contribution in [0.4, 0.5) is 5.69 Å². The average molecular weight is 433 g/mol. The lowest BCUT2D eigenvalue weighted by molar-refractivity contribution is -0.385. The number of aliphatic carboxylic acids is 1. The number of rotatable bonds is 7. The second-order valence-corrected chi connectivity index (χ2v) is 7.02. The Kier molecular flexibility index (Phi) is 6.15. The molecule has 0 spiro atoms. The van der Waals surface area contributed by atoms with Gasteiger partial charge in [-0.15, -0.1) is 5.10 Å². The van der Waals surface area contributed by atoms with Gasteiger partial charge in [0.15, 0.2) is 11.6 Å². The number of nitrogens with zero attached hydrogens (tertiary/aromatic N) is 3. The van der Waals surface area contributed by atoms with Crippen LogP contribution in [-0.4, -0.2) is 38.3 Å². The molecular weight excluding hydrogens is 420 g/mol. The molecule has 2 aromatic carbocycles.